The van der Waals surface area contributed by atoms with E-state index in [1.165, 1.54) is 29.5 Å². The quantitative estimate of drug-likeness (QED) is 0.166. The first-order valence-electron chi connectivity index (χ1n) is 15.7. The van der Waals surface area contributed by atoms with E-state index in [4.69, 9.17) is 10.2 Å². The van der Waals surface area contributed by atoms with Crippen LogP contribution in [0.5, 0.6) is 0 Å². The number of halogens is 2. The molecule has 0 unspecified atom stereocenters. The van der Waals surface area contributed by atoms with Crippen LogP contribution in [0, 0.1) is 11.6 Å². The first-order chi connectivity index (χ1) is 22.1. The Kier molecular flexibility index (Phi) is 12.2. The smallest absolute Gasteiger partial charge is 0.254 e. The lowest BCUT2D eigenvalue weighted by Gasteiger charge is -2.29. The number of oxazole rings is 1. The zero-order valence-corrected chi connectivity index (χ0v) is 26.6. The summed E-state index contributed by atoms with van der Waals surface area (Å²) in [4.78, 5) is 35.5. The second-order valence-electron chi connectivity index (χ2n) is 11.5. The summed E-state index contributed by atoms with van der Waals surface area (Å²) in [6, 6.07) is 14.8. The third-order valence-corrected chi connectivity index (χ3v) is 7.74. The van der Waals surface area contributed by atoms with Crippen LogP contribution in [0.2, 0.25) is 0 Å². The molecular weight excluding hydrogens is 590 g/mol. The average Bonchev–Trinajstić information content (AvgIpc) is 3.58. The molecule has 1 aromatic heterocycles. The standard InChI is InChI=1S/C36H42F2N4O4/c1-4-11-41(12-5-2)35(44)28-18-27(34-40-10-13-46-34)19-29(20-28)36(45)42(22-25-9-7-8-24(6-3)14-25)23-33(43)32(39)17-26-15-30(37)21-31(38)16-26/h7-10,13-16,18-21,32-33,43H,4-6,11-12,17,22-23,39H2,1-3H3/t32-,33+/m0/s1. The second-order valence-corrected chi connectivity index (χ2v) is 11.5. The molecule has 0 saturated carbocycles. The van der Waals surface area contributed by atoms with Gasteiger partial charge in [0.1, 0.15) is 17.9 Å². The van der Waals surface area contributed by atoms with Crippen molar-refractivity contribution >= 4 is 11.8 Å². The van der Waals surface area contributed by atoms with Crippen molar-refractivity contribution in [1.82, 2.24) is 14.8 Å². The number of aliphatic hydroxyl groups is 1. The van der Waals surface area contributed by atoms with E-state index in [0.29, 0.717) is 29.8 Å². The highest BCUT2D eigenvalue weighted by molar-refractivity contribution is 6.01. The third-order valence-electron chi connectivity index (χ3n) is 7.74. The van der Waals surface area contributed by atoms with Crippen molar-refractivity contribution in [3.05, 3.63) is 113 Å². The van der Waals surface area contributed by atoms with Gasteiger partial charge in [-0.15, -0.1) is 0 Å². The summed E-state index contributed by atoms with van der Waals surface area (Å²) in [5.74, 6) is -1.87. The molecule has 244 valence electrons. The summed E-state index contributed by atoms with van der Waals surface area (Å²) < 4.78 is 33.2. The minimum Gasteiger partial charge on any atom is -0.445 e. The number of benzene rings is 3. The zero-order chi connectivity index (χ0) is 33.2. The highest BCUT2D eigenvalue weighted by Gasteiger charge is 2.26. The number of hydrogen-bond acceptors (Lipinski definition) is 6. The molecule has 2 atom stereocenters. The Hall–Kier alpha value is -4.41. The van der Waals surface area contributed by atoms with Gasteiger partial charge in [0, 0.05) is 55.0 Å². The Labute approximate surface area is 268 Å². The molecule has 8 nitrogen and oxygen atoms in total. The Morgan fingerprint density at radius 1 is 0.870 bits per heavy atom. The van der Waals surface area contributed by atoms with Gasteiger partial charge >= 0.3 is 0 Å². The normalized spacial score (nSPS) is 12.5. The molecule has 0 saturated heterocycles. The Morgan fingerprint density at radius 2 is 1.50 bits per heavy atom. The molecule has 3 aromatic carbocycles. The maximum atomic E-state index is 14.3. The van der Waals surface area contributed by atoms with Crippen molar-refractivity contribution < 1.29 is 27.9 Å². The van der Waals surface area contributed by atoms with E-state index < -0.39 is 29.7 Å². The molecule has 0 aliphatic carbocycles. The summed E-state index contributed by atoms with van der Waals surface area (Å²) in [7, 11) is 0. The largest absolute Gasteiger partial charge is 0.445 e. The van der Waals surface area contributed by atoms with Crippen molar-refractivity contribution in [2.75, 3.05) is 19.6 Å². The van der Waals surface area contributed by atoms with Crippen molar-refractivity contribution in [3.8, 4) is 11.5 Å². The molecule has 1 heterocycles. The van der Waals surface area contributed by atoms with Crippen LogP contribution in [-0.2, 0) is 19.4 Å². The average molecular weight is 633 g/mol. The first kappa shape index (κ1) is 34.5. The number of carbonyl (C=O) groups excluding carboxylic acids is 2. The van der Waals surface area contributed by atoms with Gasteiger partial charge in [-0.2, -0.15) is 0 Å². The first-order valence-corrected chi connectivity index (χ1v) is 15.7. The number of amides is 2. The van der Waals surface area contributed by atoms with Crippen LogP contribution in [0.25, 0.3) is 11.5 Å². The maximum absolute atomic E-state index is 14.3. The maximum Gasteiger partial charge on any atom is 0.254 e. The fraction of sp³-hybridized carbons (Fsp3) is 0.361. The monoisotopic (exact) mass is 632 g/mol. The van der Waals surface area contributed by atoms with Gasteiger partial charge in [0.2, 0.25) is 5.89 Å². The summed E-state index contributed by atoms with van der Waals surface area (Å²) in [5, 5.41) is 11.2. The van der Waals surface area contributed by atoms with Crippen LogP contribution < -0.4 is 5.73 Å². The molecule has 0 aliphatic heterocycles. The second kappa shape index (κ2) is 16.2. The molecule has 0 fully saturated rings. The summed E-state index contributed by atoms with van der Waals surface area (Å²) in [6.07, 6.45) is 4.03. The van der Waals surface area contributed by atoms with E-state index in [-0.39, 0.29) is 36.9 Å². The number of aromatic nitrogens is 1. The van der Waals surface area contributed by atoms with Crippen LogP contribution >= 0.6 is 0 Å². The molecule has 0 spiro atoms. The summed E-state index contributed by atoms with van der Waals surface area (Å²) in [5.41, 5.74) is 9.53. The molecule has 0 bridgehead atoms. The van der Waals surface area contributed by atoms with E-state index in [1.54, 1.807) is 23.1 Å². The lowest BCUT2D eigenvalue weighted by atomic mass is 10.00. The van der Waals surface area contributed by atoms with Gasteiger partial charge in [-0.3, -0.25) is 9.59 Å². The van der Waals surface area contributed by atoms with Gasteiger partial charge in [-0.25, -0.2) is 13.8 Å². The van der Waals surface area contributed by atoms with Crippen molar-refractivity contribution in [3.63, 3.8) is 0 Å². The fourth-order valence-corrected chi connectivity index (χ4v) is 5.47. The molecular formula is C36H42F2N4O4. The topological polar surface area (TPSA) is 113 Å². The van der Waals surface area contributed by atoms with E-state index in [1.807, 2.05) is 45.0 Å². The Morgan fingerprint density at radius 3 is 2.09 bits per heavy atom. The van der Waals surface area contributed by atoms with Crippen LogP contribution in [-0.4, -0.2) is 63.5 Å². The van der Waals surface area contributed by atoms with E-state index in [0.717, 1.165) is 36.5 Å². The van der Waals surface area contributed by atoms with E-state index >= 15 is 0 Å². The minimum atomic E-state index is -1.23. The van der Waals surface area contributed by atoms with Gasteiger partial charge in [-0.05, 0) is 72.7 Å². The lowest BCUT2D eigenvalue weighted by Crippen LogP contribution is -2.46. The number of aryl methyl sites for hydroxylation is 1. The predicted octanol–water partition coefficient (Wildman–Crippen LogP) is 6.02. The molecule has 4 rings (SSSR count). The number of nitrogens with zero attached hydrogens (tertiary/aromatic N) is 3. The number of aliphatic hydroxyl groups excluding tert-OH is 1. The van der Waals surface area contributed by atoms with Gasteiger partial charge in [-0.1, -0.05) is 45.0 Å². The van der Waals surface area contributed by atoms with Crippen LogP contribution in [0.4, 0.5) is 8.78 Å². The molecule has 10 heteroatoms. The third kappa shape index (κ3) is 9.08. The molecule has 3 N–H and O–H groups in total. The summed E-state index contributed by atoms with van der Waals surface area (Å²) in [6.45, 7) is 7.15. The molecule has 2 amide bonds. The SMILES string of the molecule is CCCN(CCC)C(=O)c1cc(C(=O)N(Cc2cccc(CC)c2)C[C@@H](O)[C@@H](N)Cc2cc(F)cc(F)c2)cc(-c2ncco2)c1. The van der Waals surface area contributed by atoms with Crippen LogP contribution in [0.3, 0.4) is 0 Å². The van der Waals surface area contributed by atoms with Gasteiger partial charge in [0.05, 0.1) is 12.3 Å². The molecule has 0 aliphatic rings. The van der Waals surface area contributed by atoms with Gasteiger partial charge in [0.15, 0.2) is 0 Å². The van der Waals surface area contributed by atoms with Crippen LogP contribution in [0.15, 0.2) is 77.5 Å². The zero-order valence-electron chi connectivity index (χ0n) is 26.6. The predicted molar refractivity (Wildman–Crippen MR) is 173 cm³/mol. The highest BCUT2D eigenvalue weighted by Crippen LogP contribution is 2.24. The molecule has 46 heavy (non-hydrogen) atoms. The van der Waals surface area contributed by atoms with Crippen molar-refractivity contribution in [2.45, 2.75) is 65.1 Å². The summed E-state index contributed by atoms with van der Waals surface area (Å²) >= 11 is 0. The van der Waals surface area contributed by atoms with Crippen molar-refractivity contribution in [1.29, 1.82) is 0 Å². The van der Waals surface area contributed by atoms with Crippen molar-refractivity contribution in [2.24, 2.45) is 5.73 Å². The van der Waals surface area contributed by atoms with Gasteiger partial charge < -0.3 is 25.1 Å². The molecule has 4 aromatic rings. The Balaban J connectivity index is 1.70. The number of carbonyl (C=O) groups is 2. The number of hydrogen-bond donors (Lipinski definition) is 2. The Bertz CT molecular complexity index is 1590. The van der Waals surface area contributed by atoms with E-state index in [9.17, 15) is 23.5 Å². The number of nitrogens with two attached hydrogens (primary N) is 1. The van der Waals surface area contributed by atoms with Gasteiger partial charge in [0.25, 0.3) is 11.8 Å². The lowest BCUT2D eigenvalue weighted by molar-refractivity contribution is 0.0554. The fourth-order valence-electron chi connectivity index (χ4n) is 5.47. The van der Waals surface area contributed by atoms with E-state index in [2.05, 4.69) is 4.98 Å². The molecule has 0 radical (unpaired) electrons. The number of rotatable bonds is 15. The van der Waals surface area contributed by atoms with Crippen LogP contribution in [0.1, 0.15) is 71.0 Å². The highest BCUT2D eigenvalue weighted by atomic mass is 19.1. The minimum absolute atomic E-state index is 0.00775.